The molecule has 2 N–H and O–H groups in total. The molecule has 112 valence electrons. The van der Waals surface area contributed by atoms with Crippen molar-refractivity contribution < 1.29 is 8.42 Å². The number of nitrogens with two attached hydrogens (primary N) is 1. The second-order valence-corrected chi connectivity index (χ2v) is 7.51. The fourth-order valence-corrected chi connectivity index (χ4v) is 3.33. The normalized spacial score (nSPS) is 11.8. The molecule has 7 heteroatoms. The maximum atomic E-state index is 12.4. The van der Waals surface area contributed by atoms with Gasteiger partial charge in [-0.3, -0.25) is 0 Å². The lowest BCUT2D eigenvalue weighted by Crippen LogP contribution is -2.27. The Morgan fingerprint density at radius 3 is 2.57 bits per heavy atom. The molecule has 0 atom stereocenters. The molecule has 0 unspecified atom stereocenters. The van der Waals surface area contributed by atoms with Crippen molar-refractivity contribution in [2.75, 3.05) is 7.05 Å². The van der Waals surface area contributed by atoms with Gasteiger partial charge in [-0.25, -0.2) is 13.4 Å². The Kier molecular flexibility index (Phi) is 5.10. The molecule has 0 saturated carbocycles. The van der Waals surface area contributed by atoms with Crippen LogP contribution in [0.5, 0.6) is 0 Å². The van der Waals surface area contributed by atoms with E-state index < -0.39 is 10.0 Å². The largest absolute Gasteiger partial charge is 0.326 e. The third-order valence-corrected chi connectivity index (χ3v) is 5.22. The van der Waals surface area contributed by atoms with Gasteiger partial charge in [0, 0.05) is 30.8 Å². The van der Waals surface area contributed by atoms with Gasteiger partial charge in [-0.1, -0.05) is 34.1 Å². The number of hydrogen-bond donors (Lipinski definition) is 1. The number of nitrogens with zero attached hydrogens (tertiary/aromatic N) is 2. The van der Waals surface area contributed by atoms with Crippen LogP contribution in [-0.4, -0.2) is 24.8 Å². The summed E-state index contributed by atoms with van der Waals surface area (Å²) >= 11 is 3.37. The standard InChI is InChI=1S/C14H16BrN3O2S/c1-18(10-11-3-2-4-13(15)7-11)21(19,20)14-6-5-12(8-16)9-17-14/h2-7,9H,8,10,16H2,1H3. The van der Waals surface area contributed by atoms with Crippen LogP contribution in [0.3, 0.4) is 0 Å². The van der Waals surface area contributed by atoms with E-state index in [-0.39, 0.29) is 11.6 Å². The highest BCUT2D eigenvalue weighted by Crippen LogP contribution is 2.17. The van der Waals surface area contributed by atoms with Crippen LogP contribution in [0.4, 0.5) is 0 Å². The van der Waals surface area contributed by atoms with Crippen molar-refractivity contribution >= 4 is 26.0 Å². The van der Waals surface area contributed by atoms with E-state index in [1.165, 1.54) is 23.6 Å². The van der Waals surface area contributed by atoms with Crippen LogP contribution >= 0.6 is 15.9 Å². The average Bonchev–Trinajstić information content (AvgIpc) is 2.47. The van der Waals surface area contributed by atoms with Crippen molar-refractivity contribution in [3.63, 3.8) is 0 Å². The van der Waals surface area contributed by atoms with E-state index in [4.69, 9.17) is 5.73 Å². The highest BCUT2D eigenvalue weighted by atomic mass is 79.9. The molecule has 0 spiro atoms. The molecule has 0 radical (unpaired) electrons. The zero-order valence-electron chi connectivity index (χ0n) is 11.5. The Balaban J connectivity index is 2.21. The fraction of sp³-hybridized carbons (Fsp3) is 0.214. The molecule has 0 aliphatic heterocycles. The third-order valence-electron chi connectivity index (χ3n) is 3.00. The maximum absolute atomic E-state index is 12.4. The predicted molar refractivity (Wildman–Crippen MR) is 84.9 cm³/mol. The zero-order chi connectivity index (χ0) is 15.5. The number of pyridine rings is 1. The van der Waals surface area contributed by atoms with E-state index in [9.17, 15) is 8.42 Å². The molecular weight excluding hydrogens is 354 g/mol. The molecule has 2 aromatic rings. The lowest BCUT2D eigenvalue weighted by Gasteiger charge is -2.17. The number of benzene rings is 1. The molecule has 0 bridgehead atoms. The maximum Gasteiger partial charge on any atom is 0.260 e. The van der Waals surface area contributed by atoms with Gasteiger partial charge in [0.15, 0.2) is 5.03 Å². The summed E-state index contributed by atoms with van der Waals surface area (Å²) < 4.78 is 27.1. The van der Waals surface area contributed by atoms with Gasteiger partial charge in [-0.2, -0.15) is 4.31 Å². The summed E-state index contributed by atoms with van der Waals surface area (Å²) in [5, 5.41) is 0.0252. The number of sulfonamides is 1. The van der Waals surface area contributed by atoms with Crippen molar-refractivity contribution in [3.8, 4) is 0 Å². The lowest BCUT2D eigenvalue weighted by atomic mass is 10.2. The number of aromatic nitrogens is 1. The first-order valence-corrected chi connectivity index (χ1v) is 8.52. The van der Waals surface area contributed by atoms with Gasteiger partial charge in [0.2, 0.25) is 0 Å². The molecule has 0 aliphatic carbocycles. The van der Waals surface area contributed by atoms with Gasteiger partial charge in [0.25, 0.3) is 10.0 Å². The second-order valence-electron chi connectivity index (χ2n) is 4.60. The van der Waals surface area contributed by atoms with E-state index in [1.54, 1.807) is 6.07 Å². The Morgan fingerprint density at radius 1 is 1.24 bits per heavy atom. The van der Waals surface area contributed by atoms with Crippen LogP contribution in [-0.2, 0) is 23.1 Å². The van der Waals surface area contributed by atoms with Crippen LogP contribution in [0.1, 0.15) is 11.1 Å². The summed E-state index contributed by atoms with van der Waals surface area (Å²) in [5.41, 5.74) is 7.17. The summed E-state index contributed by atoms with van der Waals surface area (Å²) in [7, 11) is -2.07. The lowest BCUT2D eigenvalue weighted by molar-refractivity contribution is 0.463. The number of halogens is 1. The zero-order valence-corrected chi connectivity index (χ0v) is 13.9. The molecule has 2 rings (SSSR count). The molecule has 0 saturated heterocycles. The Morgan fingerprint density at radius 2 is 2.00 bits per heavy atom. The quantitative estimate of drug-likeness (QED) is 0.875. The van der Waals surface area contributed by atoms with E-state index in [0.717, 1.165) is 15.6 Å². The van der Waals surface area contributed by atoms with Gasteiger partial charge in [-0.05, 0) is 29.3 Å². The summed E-state index contributed by atoms with van der Waals surface area (Å²) in [6, 6.07) is 10.7. The molecule has 1 heterocycles. The van der Waals surface area contributed by atoms with Crippen molar-refractivity contribution in [2.24, 2.45) is 5.73 Å². The van der Waals surface area contributed by atoms with Crippen molar-refractivity contribution in [1.82, 2.24) is 9.29 Å². The topological polar surface area (TPSA) is 76.3 Å². The van der Waals surface area contributed by atoms with Crippen LogP contribution in [0.15, 0.2) is 52.1 Å². The molecular formula is C14H16BrN3O2S. The minimum atomic E-state index is -3.61. The van der Waals surface area contributed by atoms with Gasteiger partial charge >= 0.3 is 0 Å². The van der Waals surface area contributed by atoms with E-state index in [1.807, 2.05) is 24.3 Å². The smallest absolute Gasteiger partial charge is 0.260 e. The number of rotatable bonds is 5. The van der Waals surface area contributed by atoms with Gasteiger partial charge < -0.3 is 5.73 Å². The highest BCUT2D eigenvalue weighted by molar-refractivity contribution is 9.10. The van der Waals surface area contributed by atoms with E-state index in [2.05, 4.69) is 20.9 Å². The van der Waals surface area contributed by atoms with Crippen LogP contribution in [0.2, 0.25) is 0 Å². The van der Waals surface area contributed by atoms with Crippen molar-refractivity contribution in [2.45, 2.75) is 18.1 Å². The van der Waals surface area contributed by atoms with Crippen LogP contribution in [0.25, 0.3) is 0 Å². The van der Waals surface area contributed by atoms with Crippen LogP contribution in [0, 0.1) is 0 Å². The summed E-state index contributed by atoms with van der Waals surface area (Å²) in [6.45, 7) is 0.614. The van der Waals surface area contributed by atoms with Crippen LogP contribution < -0.4 is 5.73 Å². The minimum absolute atomic E-state index is 0.0252. The Labute approximate surface area is 133 Å². The predicted octanol–water partition coefficient (Wildman–Crippen LogP) is 2.12. The van der Waals surface area contributed by atoms with Gasteiger partial charge in [0.05, 0.1) is 0 Å². The SMILES string of the molecule is CN(Cc1cccc(Br)c1)S(=O)(=O)c1ccc(CN)cn1. The van der Waals surface area contributed by atoms with E-state index in [0.29, 0.717) is 6.54 Å². The van der Waals surface area contributed by atoms with E-state index >= 15 is 0 Å². The highest BCUT2D eigenvalue weighted by Gasteiger charge is 2.22. The first-order chi connectivity index (χ1) is 9.93. The van der Waals surface area contributed by atoms with Crippen molar-refractivity contribution in [1.29, 1.82) is 0 Å². The second kappa shape index (κ2) is 6.65. The Bertz CT molecular complexity index is 717. The molecule has 0 fully saturated rings. The Hall–Kier alpha value is -1.28. The first-order valence-electron chi connectivity index (χ1n) is 6.29. The summed E-state index contributed by atoms with van der Waals surface area (Å²) in [4.78, 5) is 3.98. The van der Waals surface area contributed by atoms with Gasteiger partial charge in [0.1, 0.15) is 0 Å². The fourth-order valence-electron chi connectivity index (χ4n) is 1.82. The monoisotopic (exact) mass is 369 g/mol. The molecule has 0 amide bonds. The first kappa shape index (κ1) is 16.1. The third kappa shape index (κ3) is 3.88. The number of hydrogen-bond acceptors (Lipinski definition) is 4. The molecule has 21 heavy (non-hydrogen) atoms. The minimum Gasteiger partial charge on any atom is -0.326 e. The molecule has 1 aromatic carbocycles. The summed E-state index contributed by atoms with van der Waals surface area (Å²) in [6.07, 6.45) is 1.49. The van der Waals surface area contributed by atoms with Gasteiger partial charge in [-0.15, -0.1) is 0 Å². The molecule has 0 aliphatic rings. The summed E-state index contributed by atoms with van der Waals surface area (Å²) in [5.74, 6) is 0. The molecule has 1 aromatic heterocycles. The molecule has 5 nitrogen and oxygen atoms in total. The average molecular weight is 370 g/mol. The van der Waals surface area contributed by atoms with Crippen molar-refractivity contribution in [3.05, 3.63) is 58.2 Å².